The summed E-state index contributed by atoms with van der Waals surface area (Å²) in [6.45, 7) is 2.73. The lowest BCUT2D eigenvalue weighted by molar-refractivity contribution is 0.795. The Morgan fingerprint density at radius 3 is 3.00 bits per heavy atom. The summed E-state index contributed by atoms with van der Waals surface area (Å²) in [4.78, 5) is 12.3. The molecule has 0 aliphatic rings. The van der Waals surface area contributed by atoms with E-state index in [9.17, 15) is 0 Å². The smallest absolute Gasteiger partial charge is 0.124 e. The number of hydrogen-bond donors (Lipinski definition) is 2. The zero-order valence-electron chi connectivity index (χ0n) is 10.6. The maximum atomic E-state index is 4.66. The van der Waals surface area contributed by atoms with Crippen molar-refractivity contribution in [3.05, 3.63) is 33.5 Å². The van der Waals surface area contributed by atoms with Gasteiger partial charge in [-0.2, -0.15) is 0 Å². The fraction of sp³-hybridized carbons (Fsp3) is 0.231. The molecule has 0 unspecified atom stereocenters. The van der Waals surface area contributed by atoms with Gasteiger partial charge < -0.3 is 10.3 Å². The van der Waals surface area contributed by atoms with E-state index >= 15 is 0 Å². The Hall–Kier alpha value is -1.24. The molecule has 4 nitrogen and oxygen atoms in total. The summed E-state index contributed by atoms with van der Waals surface area (Å²) >= 11 is 5.22. The third-order valence-electron chi connectivity index (χ3n) is 2.84. The summed E-state index contributed by atoms with van der Waals surface area (Å²) in [6, 6.07) is 6.20. The third kappa shape index (κ3) is 2.43. The number of aromatic amines is 1. The molecule has 0 radical (unpaired) electrons. The van der Waals surface area contributed by atoms with E-state index in [0.717, 1.165) is 43.5 Å². The number of aryl methyl sites for hydroxylation is 1. The molecule has 19 heavy (non-hydrogen) atoms. The van der Waals surface area contributed by atoms with Crippen molar-refractivity contribution in [2.45, 2.75) is 13.5 Å². The number of benzene rings is 1. The molecular weight excluding hydrogens is 324 g/mol. The van der Waals surface area contributed by atoms with E-state index in [1.165, 1.54) is 0 Å². The monoisotopic (exact) mass is 336 g/mol. The summed E-state index contributed by atoms with van der Waals surface area (Å²) in [5.41, 5.74) is 4.21. The quantitative estimate of drug-likeness (QED) is 0.769. The highest BCUT2D eigenvalue weighted by atomic mass is 79.9. The molecule has 0 fully saturated rings. The molecule has 3 rings (SSSR count). The van der Waals surface area contributed by atoms with Crippen molar-refractivity contribution < 1.29 is 0 Å². The lowest BCUT2D eigenvalue weighted by atomic mass is 10.2. The molecule has 3 aromatic rings. The molecule has 2 N–H and O–H groups in total. The van der Waals surface area contributed by atoms with Gasteiger partial charge in [0.05, 0.1) is 20.5 Å². The van der Waals surface area contributed by atoms with Crippen molar-refractivity contribution in [3.63, 3.8) is 0 Å². The van der Waals surface area contributed by atoms with Gasteiger partial charge in [0.1, 0.15) is 10.8 Å². The Morgan fingerprint density at radius 1 is 1.37 bits per heavy atom. The van der Waals surface area contributed by atoms with E-state index in [1.54, 1.807) is 11.3 Å². The molecule has 0 spiro atoms. The number of rotatable bonds is 3. The standard InChI is InChI=1S/C13H13BrN4S/c1-7-16-9-4-3-8(5-10(9)17-7)13-18-11(6-15-2)12(14)19-13/h3-5,15H,6H2,1-2H3,(H,16,17). The molecule has 2 aromatic heterocycles. The molecule has 98 valence electrons. The Kier molecular flexibility index (Phi) is 3.38. The van der Waals surface area contributed by atoms with Gasteiger partial charge in [0, 0.05) is 12.1 Å². The largest absolute Gasteiger partial charge is 0.342 e. The van der Waals surface area contributed by atoms with Crippen LogP contribution in [0, 0.1) is 6.92 Å². The lowest BCUT2D eigenvalue weighted by Gasteiger charge is -1.96. The lowest BCUT2D eigenvalue weighted by Crippen LogP contribution is -2.05. The van der Waals surface area contributed by atoms with Crippen LogP contribution in [-0.4, -0.2) is 22.0 Å². The molecule has 6 heteroatoms. The fourth-order valence-electron chi connectivity index (χ4n) is 2.00. The molecule has 0 bridgehead atoms. The Morgan fingerprint density at radius 2 is 2.21 bits per heavy atom. The number of thiazole rings is 1. The van der Waals surface area contributed by atoms with Crippen molar-refractivity contribution in [3.8, 4) is 10.6 Å². The number of H-pyrrole nitrogens is 1. The average molecular weight is 337 g/mol. The first-order valence-corrected chi connectivity index (χ1v) is 7.55. The van der Waals surface area contributed by atoms with Gasteiger partial charge in [-0.05, 0) is 48.1 Å². The summed E-state index contributed by atoms with van der Waals surface area (Å²) in [5, 5.41) is 4.14. The fourth-order valence-corrected chi connectivity index (χ4v) is 3.50. The highest BCUT2D eigenvalue weighted by molar-refractivity contribution is 9.11. The van der Waals surface area contributed by atoms with Gasteiger partial charge in [-0.25, -0.2) is 9.97 Å². The van der Waals surface area contributed by atoms with Crippen LogP contribution in [0.25, 0.3) is 21.6 Å². The number of fused-ring (bicyclic) bond motifs is 1. The predicted molar refractivity (Wildman–Crippen MR) is 82.4 cm³/mol. The van der Waals surface area contributed by atoms with Crippen LogP contribution in [0.15, 0.2) is 22.0 Å². The molecule has 0 saturated carbocycles. The first kappa shape index (κ1) is 12.8. The average Bonchev–Trinajstić information content (AvgIpc) is 2.91. The van der Waals surface area contributed by atoms with Crippen molar-refractivity contribution in [1.29, 1.82) is 0 Å². The van der Waals surface area contributed by atoms with E-state index in [0.29, 0.717) is 0 Å². The van der Waals surface area contributed by atoms with Crippen LogP contribution in [0.1, 0.15) is 11.5 Å². The van der Waals surface area contributed by atoms with Crippen LogP contribution in [-0.2, 0) is 6.54 Å². The predicted octanol–water partition coefficient (Wildman–Crippen LogP) is 3.48. The van der Waals surface area contributed by atoms with Gasteiger partial charge in [0.15, 0.2) is 0 Å². The Bertz CT molecular complexity index is 731. The molecule has 0 amide bonds. The minimum Gasteiger partial charge on any atom is -0.342 e. The Balaban J connectivity index is 2.05. The maximum Gasteiger partial charge on any atom is 0.124 e. The molecule has 0 aliphatic carbocycles. The van der Waals surface area contributed by atoms with E-state index < -0.39 is 0 Å². The SMILES string of the molecule is CNCc1nc(-c2ccc3nc(C)[nH]c3c2)sc1Br. The molecular formula is C13H13BrN4S. The van der Waals surface area contributed by atoms with Gasteiger partial charge in [-0.15, -0.1) is 11.3 Å². The molecule has 2 heterocycles. The van der Waals surface area contributed by atoms with Gasteiger partial charge in [0.2, 0.25) is 0 Å². The minimum absolute atomic E-state index is 0.766. The van der Waals surface area contributed by atoms with E-state index in [2.05, 4.69) is 48.3 Å². The van der Waals surface area contributed by atoms with E-state index in [-0.39, 0.29) is 0 Å². The molecule has 0 atom stereocenters. The van der Waals surface area contributed by atoms with E-state index in [4.69, 9.17) is 0 Å². The second-order valence-electron chi connectivity index (χ2n) is 4.32. The second-order valence-corrected chi connectivity index (χ2v) is 6.64. The van der Waals surface area contributed by atoms with Gasteiger partial charge in [-0.3, -0.25) is 0 Å². The first-order chi connectivity index (χ1) is 9.17. The van der Waals surface area contributed by atoms with Crippen LogP contribution in [0.4, 0.5) is 0 Å². The maximum absolute atomic E-state index is 4.66. The van der Waals surface area contributed by atoms with Gasteiger partial charge in [-0.1, -0.05) is 0 Å². The van der Waals surface area contributed by atoms with Crippen LogP contribution in [0.3, 0.4) is 0 Å². The van der Waals surface area contributed by atoms with Crippen molar-refractivity contribution in [2.75, 3.05) is 7.05 Å². The van der Waals surface area contributed by atoms with Crippen LogP contribution in [0.5, 0.6) is 0 Å². The highest BCUT2D eigenvalue weighted by Crippen LogP contribution is 2.33. The van der Waals surface area contributed by atoms with Crippen LogP contribution in [0.2, 0.25) is 0 Å². The zero-order valence-corrected chi connectivity index (χ0v) is 13.0. The number of halogens is 1. The normalized spacial score (nSPS) is 11.3. The molecule has 0 saturated heterocycles. The van der Waals surface area contributed by atoms with Crippen LogP contribution >= 0.6 is 27.3 Å². The summed E-state index contributed by atoms with van der Waals surface area (Å²) in [5.74, 6) is 0.934. The van der Waals surface area contributed by atoms with Gasteiger partial charge >= 0.3 is 0 Å². The number of imidazole rings is 1. The summed E-state index contributed by atoms with van der Waals surface area (Å²) in [6.07, 6.45) is 0. The topological polar surface area (TPSA) is 53.6 Å². The van der Waals surface area contributed by atoms with Crippen LogP contribution < -0.4 is 5.32 Å². The van der Waals surface area contributed by atoms with E-state index in [1.807, 2.05) is 20.0 Å². The van der Waals surface area contributed by atoms with Crippen molar-refractivity contribution >= 4 is 38.3 Å². The molecule has 1 aromatic carbocycles. The third-order valence-corrected chi connectivity index (χ3v) is 4.72. The Labute approximate surface area is 123 Å². The van der Waals surface area contributed by atoms with Crippen molar-refractivity contribution in [2.24, 2.45) is 0 Å². The van der Waals surface area contributed by atoms with Crippen molar-refractivity contribution in [1.82, 2.24) is 20.3 Å². The molecule has 0 aliphatic heterocycles. The number of hydrogen-bond acceptors (Lipinski definition) is 4. The number of nitrogens with zero attached hydrogens (tertiary/aromatic N) is 2. The number of aromatic nitrogens is 3. The minimum atomic E-state index is 0.766. The van der Waals surface area contributed by atoms with Gasteiger partial charge in [0.25, 0.3) is 0 Å². The number of nitrogens with one attached hydrogen (secondary N) is 2. The highest BCUT2D eigenvalue weighted by Gasteiger charge is 2.11. The summed E-state index contributed by atoms with van der Waals surface area (Å²) < 4.78 is 1.08. The summed E-state index contributed by atoms with van der Waals surface area (Å²) in [7, 11) is 1.92. The second kappa shape index (κ2) is 5.03. The first-order valence-electron chi connectivity index (χ1n) is 5.94. The zero-order chi connectivity index (χ0) is 13.4.